The molecule has 2 aromatic carbocycles. The Morgan fingerprint density at radius 2 is 1.85 bits per heavy atom. The number of nitrogens with zero attached hydrogens (tertiary/aromatic N) is 3. The van der Waals surface area contributed by atoms with Crippen molar-refractivity contribution in [3.63, 3.8) is 0 Å². The number of hydrogen-bond donors (Lipinski definition) is 1. The quantitative estimate of drug-likeness (QED) is 0.511. The molecule has 26 heavy (non-hydrogen) atoms. The molecule has 3 aromatic rings. The average molecular weight is 364 g/mol. The maximum atomic E-state index is 6.23. The van der Waals surface area contributed by atoms with Gasteiger partial charge >= 0.3 is 0 Å². The summed E-state index contributed by atoms with van der Waals surface area (Å²) in [4.78, 5) is 4.65. The van der Waals surface area contributed by atoms with Crippen molar-refractivity contribution in [1.82, 2.24) is 15.2 Å². The SMILES string of the molecule is CCCCSc1nnc2c(n1)O[C@@H](c1ccccc1)Nc1ccccc1-2. The summed E-state index contributed by atoms with van der Waals surface area (Å²) in [5.74, 6) is 1.50. The molecule has 4 rings (SSSR count). The Hall–Kier alpha value is -2.60. The molecular weight excluding hydrogens is 344 g/mol. The number of rotatable bonds is 5. The highest BCUT2D eigenvalue weighted by molar-refractivity contribution is 7.99. The molecule has 132 valence electrons. The van der Waals surface area contributed by atoms with Crippen LogP contribution in [0.3, 0.4) is 0 Å². The van der Waals surface area contributed by atoms with E-state index in [2.05, 4.69) is 27.4 Å². The first-order valence-electron chi connectivity index (χ1n) is 8.80. The number of ether oxygens (including phenoxy) is 1. The molecule has 0 saturated carbocycles. The lowest BCUT2D eigenvalue weighted by atomic mass is 10.1. The summed E-state index contributed by atoms with van der Waals surface area (Å²) in [5.41, 5.74) is 3.62. The van der Waals surface area contributed by atoms with E-state index in [1.165, 1.54) is 0 Å². The minimum atomic E-state index is -0.330. The van der Waals surface area contributed by atoms with Gasteiger partial charge in [-0.05, 0) is 12.5 Å². The second-order valence-corrected chi connectivity index (χ2v) is 7.11. The number of nitrogens with one attached hydrogen (secondary N) is 1. The van der Waals surface area contributed by atoms with E-state index in [-0.39, 0.29) is 6.23 Å². The van der Waals surface area contributed by atoms with Gasteiger partial charge in [-0.2, -0.15) is 4.98 Å². The fourth-order valence-electron chi connectivity index (χ4n) is 2.79. The van der Waals surface area contributed by atoms with E-state index >= 15 is 0 Å². The Labute approximate surface area is 157 Å². The molecule has 2 heterocycles. The van der Waals surface area contributed by atoms with Crippen LogP contribution in [0.15, 0.2) is 59.8 Å². The summed E-state index contributed by atoms with van der Waals surface area (Å²) < 4.78 is 6.23. The van der Waals surface area contributed by atoms with Crippen molar-refractivity contribution in [2.45, 2.75) is 31.1 Å². The van der Waals surface area contributed by atoms with Crippen molar-refractivity contribution in [2.75, 3.05) is 11.1 Å². The molecule has 1 atom stereocenters. The summed E-state index contributed by atoms with van der Waals surface area (Å²) >= 11 is 1.62. The van der Waals surface area contributed by atoms with Crippen LogP contribution in [0.4, 0.5) is 5.69 Å². The van der Waals surface area contributed by atoms with Crippen LogP contribution in [0, 0.1) is 0 Å². The molecule has 0 bridgehead atoms. The molecule has 1 aliphatic heterocycles. The molecule has 0 radical (unpaired) electrons. The summed E-state index contributed by atoms with van der Waals surface area (Å²) in [5, 5.41) is 12.8. The molecule has 0 aliphatic carbocycles. The zero-order valence-electron chi connectivity index (χ0n) is 14.6. The second-order valence-electron chi connectivity index (χ2n) is 6.05. The molecule has 5 nitrogen and oxygen atoms in total. The maximum Gasteiger partial charge on any atom is 0.247 e. The van der Waals surface area contributed by atoms with Crippen molar-refractivity contribution in [3.8, 4) is 17.1 Å². The summed E-state index contributed by atoms with van der Waals surface area (Å²) in [6.07, 6.45) is 1.95. The van der Waals surface area contributed by atoms with Crippen LogP contribution in [0.1, 0.15) is 31.6 Å². The zero-order valence-corrected chi connectivity index (χ0v) is 15.4. The molecule has 0 saturated heterocycles. The van der Waals surface area contributed by atoms with Gasteiger partial charge in [-0.25, -0.2) is 0 Å². The third-order valence-corrected chi connectivity index (χ3v) is 5.09. The van der Waals surface area contributed by atoms with Crippen LogP contribution in [-0.2, 0) is 0 Å². The number of anilines is 1. The number of fused-ring (bicyclic) bond motifs is 3. The highest BCUT2D eigenvalue weighted by Gasteiger charge is 2.25. The van der Waals surface area contributed by atoms with Crippen LogP contribution in [-0.4, -0.2) is 20.9 Å². The van der Waals surface area contributed by atoms with E-state index < -0.39 is 0 Å². The molecule has 1 N–H and O–H groups in total. The summed E-state index contributed by atoms with van der Waals surface area (Å²) in [7, 11) is 0. The van der Waals surface area contributed by atoms with Crippen LogP contribution >= 0.6 is 11.8 Å². The fourth-order valence-corrected chi connectivity index (χ4v) is 3.66. The van der Waals surface area contributed by atoms with E-state index in [4.69, 9.17) is 4.74 Å². The Bertz CT molecular complexity index is 888. The van der Waals surface area contributed by atoms with Gasteiger partial charge in [-0.3, -0.25) is 0 Å². The van der Waals surface area contributed by atoms with Crippen LogP contribution in [0.2, 0.25) is 0 Å². The minimum Gasteiger partial charge on any atom is -0.448 e. The molecule has 0 unspecified atom stereocenters. The highest BCUT2D eigenvalue weighted by atomic mass is 32.2. The molecular formula is C20H20N4OS. The predicted molar refractivity (Wildman–Crippen MR) is 104 cm³/mol. The van der Waals surface area contributed by atoms with Gasteiger partial charge in [0.05, 0.1) is 0 Å². The third kappa shape index (κ3) is 3.51. The lowest BCUT2D eigenvalue weighted by Crippen LogP contribution is -2.17. The van der Waals surface area contributed by atoms with Gasteiger partial charge in [0.2, 0.25) is 11.0 Å². The normalized spacial score (nSPS) is 15.2. The predicted octanol–water partition coefficient (Wildman–Crippen LogP) is 4.93. The number of benzene rings is 2. The number of para-hydroxylation sites is 1. The van der Waals surface area contributed by atoms with Gasteiger partial charge in [0.1, 0.15) is 0 Å². The first-order valence-corrected chi connectivity index (χ1v) is 9.79. The molecule has 1 aromatic heterocycles. The highest BCUT2D eigenvalue weighted by Crippen LogP contribution is 2.39. The molecule has 1 aliphatic rings. The van der Waals surface area contributed by atoms with Crippen LogP contribution in [0.25, 0.3) is 11.3 Å². The summed E-state index contributed by atoms with van der Waals surface area (Å²) in [6, 6.07) is 18.1. The molecule has 0 amide bonds. The van der Waals surface area contributed by atoms with E-state index in [1.54, 1.807) is 11.8 Å². The Morgan fingerprint density at radius 3 is 2.69 bits per heavy atom. The topological polar surface area (TPSA) is 59.9 Å². The molecule has 0 fully saturated rings. The average Bonchev–Trinajstić information content (AvgIpc) is 2.85. The van der Waals surface area contributed by atoms with Crippen molar-refractivity contribution in [3.05, 3.63) is 60.2 Å². The third-order valence-electron chi connectivity index (χ3n) is 4.16. The van der Waals surface area contributed by atoms with Crippen molar-refractivity contribution >= 4 is 17.4 Å². The number of hydrogen-bond acceptors (Lipinski definition) is 6. The van der Waals surface area contributed by atoms with Crippen LogP contribution in [0.5, 0.6) is 5.88 Å². The zero-order chi connectivity index (χ0) is 17.8. The molecule has 0 spiro atoms. The van der Waals surface area contributed by atoms with Crippen molar-refractivity contribution < 1.29 is 4.74 Å². The van der Waals surface area contributed by atoms with Crippen LogP contribution < -0.4 is 10.1 Å². The largest absolute Gasteiger partial charge is 0.448 e. The minimum absolute atomic E-state index is 0.330. The Balaban J connectivity index is 1.74. The van der Waals surface area contributed by atoms with Gasteiger partial charge in [0.25, 0.3) is 0 Å². The van der Waals surface area contributed by atoms with E-state index in [1.807, 2.05) is 54.6 Å². The molecule has 6 heteroatoms. The standard InChI is InChI=1S/C20H20N4OS/c1-2-3-13-26-20-22-19-17(23-24-20)15-11-7-8-12-16(15)21-18(25-19)14-9-5-4-6-10-14/h4-12,18,21H,2-3,13H2,1H3/t18-/m0/s1. The van der Waals surface area contributed by atoms with Gasteiger partial charge in [0, 0.05) is 22.6 Å². The summed E-state index contributed by atoms with van der Waals surface area (Å²) in [6.45, 7) is 2.17. The Kier molecular flexibility index (Phi) is 5.02. The van der Waals surface area contributed by atoms with Gasteiger partial charge in [-0.1, -0.05) is 73.6 Å². The smallest absolute Gasteiger partial charge is 0.247 e. The maximum absolute atomic E-state index is 6.23. The van der Waals surface area contributed by atoms with E-state index in [0.29, 0.717) is 16.7 Å². The first kappa shape index (κ1) is 16.8. The van der Waals surface area contributed by atoms with E-state index in [9.17, 15) is 0 Å². The monoisotopic (exact) mass is 364 g/mol. The van der Waals surface area contributed by atoms with Crippen molar-refractivity contribution in [1.29, 1.82) is 0 Å². The second kappa shape index (κ2) is 7.74. The van der Waals surface area contributed by atoms with Gasteiger partial charge in [0.15, 0.2) is 11.9 Å². The fraction of sp³-hybridized carbons (Fsp3) is 0.250. The Morgan fingerprint density at radius 1 is 1.04 bits per heavy atom. The van der Waals surface area contributed by atoms with Crippen molar-refractivity contribution in [2.24, 2.45) is 0 Å². The first-order chi connectivity index (χ1) is 12.8. The van der Waals surface area contributed by atoms with Gasteiger partial charge < -0.3 is 10.1 Å². The van der Waals surface area contributed by atoms with E-state index in [0.717, 1.165) is 35.4 Å². The number of aromatic nitrogens is 3. The lowest BCUT2D eigenvalue weighted by Gasteiger charge is -2.19. The number of unbranched alkanes of at least 4 members (excludes halogenated alkanes) is 1. The number of thioether (sulfide) groups is 1. The van der Waals surface area contributed by atoms with Gasteiger partial charge in [-0.15, -0.1) is 10.2 Å². The lowest BCUT2D eigenvalue weighted by molar-refractivity contribution is 0.225.